The van der Waals surface area contributed by atoms with E-state index in [1.54, 1.807) is 7.11 Å². The summed E-state index contributed by atoms with van der Waals surface area (Å²) in [6.07, 6.45) is 4.46. The summed E-state index contributed by atoms with van der Waals surface area (Å²) in [6.45, 7) is 1.60. The van der Waals surface area contributed by atoms with Crippen LogP contribution >= 0.6 is 0 Å². The van der Waals surface area contributed by atoms with Gasteiger partial charge in [0, 0.05) is 20.3 Å². The van der Waals surface area contributed by atoms with Crippen molar-refractivity contribution in [3.05, 3.63) is 6.33 Å². The lowest BCUT2D eigenvalue weighted by molar-refractivity contribution is -0.121. The molecule has 96 valence electrons. The molecule has 1 aromatic heterocycles. The minimum atomic E-state index is -0.0818. The van der Waals surface area contributed by atoms with Crippen molar-refractivity contribution in [3.8, 4) is 0 Å². The number of anilines is 1. The Kier molecular flexibility index (Phi) is 6.02. The van der Waals surface area contributed by atoms with Crippen molar-refractivity contribution in [2.75, 3.05) is 26.0 Å². The van der Waals surface area contributed by atoms with Gasteiger partial charge in [0.05, 0.1) is 0 Å². The van der Waals surface area contributed by atoms with Gasteiger partial charge in [-0.05, 0) is 19.3 Å². The summed E-state index contributed by atoms with van der Waals surface area (Å²) in [6, 6.07) is 0. The Morgan fingerprint density at radius 2 is 2.35 bits per heavy atom. The van der Waals surface area contributed by atoms with Crippen LogP contribution in [0.4, 0.5) is 5.95 Å². The fraction of sp³-hybridized carbons (Fsp3) is 0.700. The molecule has 17 heavy (non-hydrogen) atoms. The van der Waals surface area contributed by atoms with Crippen LogP contribution in [0.1, 0.15) is 19.3 Å². The van der Waals surface area contributed by atoms with E-state index in [2.05, 4.69) is 15.4 Å². The van der Waals surface area contributed by atoms with Crippen molar-refractivity contribution in [2.24, 2.45) is 0 Å². The van der Waals surface area contributed by atoms with E-state index >= 15 is 0 Å². The fourth-order valence-electron chi connectivity index (χ4n) is 1.36. The highest BCUT2D eigenvalue weighted by Crippen LogP contribution is 1.94. The standard InChI is InChI=1S/C10H19N5O2/c1-17-6-4-2-3-5-12-9(16)7-15-8-13-10(11)14-15/h8H,2-7H2,1H3,(H2,11,14)(H,12,16). The Hall–Kier alpha value is -1.63. The maximum Gasteiger partial charge on any atom is 0.241 e. The molecular formula is C10H19N5O2. The third-order valence-corrected chi connectivity index (χ3v) is 2.21. The molecule has 0 aliphatic carbocycles. The minimum Gasteiger partial charge on any atom is -0.385 e. The maximum atomic E-state index is 11.4. The van der Waals surface area contributed by atoms with E-state index in [0.29, 0.717) is 6.54 Å². The van der Waals surface area contributed by atoms with Crippen molar-refractivity contribution >= 4 is 11.9 Å². The van der Waals surface area contributed by atoms with E-state index in [0.717, 1.165) is 25.9 Å². The predicted molar refractivity (Wildman–Crippen MR) is 63.2 cm³/mol. The van der Waals surface area contributed by atoms with E-state index in [-0.39, 0.29) is 18.4 Å². The number of hydrogen-bond donors (Lipinski definition) is 2. The minimum absolute atomic E-state index is 0.0818. The quantitative estimate of drug-likeness (QED) is 0.614. The molecule has 0 aliphatic rings. The van der Waals surface area contributed by atoms with Crippen molar-refractivity contribution in [2.45, 2.75) is 25.8 Å². The molecule has 1 heterocycles. The zero-order valence-electron chi connectivity index (χ0n) is 10.1. The lowest BCUT2D eigenvalue weighted by Crippen LogP contribution is -2.28. The Bertz CT molecular complexity index is 339. The second kappa shape index (κ2) is 7.61. The molecule has 3 N–H and O–H groups in total. The molecule has 0 bridgehead atoms. The summed E-state index contributed by atoms with van der Waals surface area (Å²) < 4.78 is 6.35. The largest absolute Gasteiger partial charge is 0.385 e. The Morgan fingerprint density at radius 3 is 3.00 bits per heavy atom. The highest BCUT2D eigenvalue weighted by molar-refractivity contribution is 5.75. The summed E-state index contributed by atoms with van der Waals surface area (Å²) >= 11 is 0. The second-order valence-corrected chi connectivity index (χ2v) is 3.70. The van der Waals surface area contributed by atoms with Crippen molar-refractivity contribution in [3.63, 3.8) is 0 Å². The SMILES string of the molecule is COCCCCCNC(=O)Cn1cnc(N)n1. The number of nitrogens with two attached hydrogens (primary N) is 1. The first-order chi connectivity index (χ1) is 8.22. The van der Waals surface area contributed by atoms with Crippen molar-refractivity contribution in [1.29, 1.82) is 0 Å². The van der Waals surface area contributed by atoms with Crippen molar-refractivity contribution < 1.29 is 9.53 Å². The number of nitrogens with zero attached hydrogens (tertiary/aromatic N) is 3. The first kappa shape index (κ1) is 13.4. The van der Waals surface area contributed by atoms with Gasteiger partial charge in [0.2, 0.25) is 11.9 Å². The van der Waals surface area contributed by atoms with Gasteiger partial charge in [-0.1, -0.05) is 0 Å². The van der Waals surface area contributed by atoms with E-state index < -0.39 is 0 Å². The van der Waals surface area contributed by atoms with Crippen LogP contribution in [-0.2, 0) is 16.1 Å². The van der Waals surface area contributed by atoms with Gasteiger partial charge in [0.1, 0.15) is 12.9 Å². The predicted octanol–water partition coefficient (Wildman–Crippen LogP) is -0.207. The molecule has 7 heteroatoms. The van der Waals surface area contributed by atoms with Gasteiger partial charge in [-0.3, -0.25) is 4.79 Å². The summed E-state index contributed by atoms with van der Waals surface area (Å²) in [5.41, 5.74) is 5.34. The molecular weight excluding hydrogens is 222 g/mol. The number of ether oxygens (including phenoxy) is 1. The Morgan fingerprint density at radius 1 is 1.53 bits per heavy atom. The number of rotatable bonds is 8. The van der Waals surface area contributed by atoms with Gasteiger partial charge in [0.15, 0.2) is 0 Å². The van der Waals surface area contributed by atoms with Gasteiger partial charge in [-0.15, -0.1) is 5.10 Å². The molecule has 0 saturated carbocycles. The molecule has 0 aliphatic heterocycles. The van der Waals surface area contributed by atoms with Crippen LogP contribution in [0.2, 0.25) is 0 Å². The molecule has 0 atom stereocenters. The lowest BCUT2D eigenvalue weighted by atomic mass is 10.2. The topological polar surface area (TPSA) is 95.1 Å². The zero-order chi connectivity index (χ0) is 12.5. The third-order valence-electron chi connectivity index (χ3n) is 2.21. The van der Waals surface area contributed by atoms with Gasteiger partial charge in [-0.25, -0.2) is 9.67 Å². The first-order valence-electron chi connectivity index (χ1n) is 5.63. The molecule has 0 aromatic carbocycles. The number of aromatic nitrogens is 3. The number of nitrogen functional groups attached to an aromatic ring is 1. The number of nitrogens with one attached hydrogen (secondary N) is 1. The number of carbonyl (C=O) groups excluding carboxylic acids is 1. The van der Waals surface area contributed by atoms with Gasteiger partial charge >= 0.3 is 0 Å². The van der Waals surface area contributed by atoms with Crippen LogP contribution in [0, 0.1) is 0 Å². The highest BCUT2D eigenvalue weighted by atomic mass is 16.5. The molecule has 1 amide bonds. The van der Waals surface area contributed by atoms with Crippen LogP contribution < -0.4 is 11.1 Å². The maximum absolute atomic E-state index is 11.4. The summed E-state index contributed by atoms with van der Waals surface area (Å²) in [7, 11) is 1.69. The van der Waals surface area contributed by atoms with Crippen LogP contribution in [0.5, 0.6) is 0 Å². The van der Waals surface area contributed by atoms with Crippen LogP contribution in [0.25, 0.3) is 0 Å². The number of unbranched alkanes of at least 4 members (excludes halogenated alkanes) is 2. The Labute approximate surface area is 100 Å². The molecule has 1 aromatic rings. The van der Waals surface area contributed by atoms with E-state index in [1.807, 2.05) is 0 Å². The highest BCUT2D eigenvalue weighted by Gasteiger charge is 2.03. The number of carbonyl (C=O) groups is 1. The van der Waals surface area contributed by atoms with Crippen LogP contribution in [-0.4, -0.2) is 40.9 Å². The zero-order valence-corrected chi connectivity index (χ0v) is 10.1. The van der Waals surface area contributed by atoms with Crippen LogP contribution in [0.15, 0.2) is 6.33 Å². The monoisotopic (exact) mass is 241 g/mol. The molecule has 0 spiro atoms. The number of amides is 1. The van der Waals surface area contributed by atoms with E-state index in [9.17, 15) is 4.79 Å². The second-order valence-electron chi connectivity index (χ2n) is 3.70. The average molecular weight is 241 g/mol. The molecule has 0 radical (unpaired) electrons. The fourth-order valence-corrected chi connectivity index (χ4v) is 1.36. The Balaban J connectivity index is 2.05. The number of methoxy groups -OCH3 is 1. The number of hydrogen-bond acceptors (Lipinski definition) is 5. The lowest BCUT2D eigenvalue weighted by Gasteiger charge is -2.04. The molecule has 1 rings (SSSR count). The molecule has 7 nitrogen and oxygen atoms in total. The first-order valence-corrected chi connectivity index (χ1v) is 5.63. The summed E-state index contributed by atoms with van der Waals surface area (Å²) in [5, 5.41) is 6.63. The molecule has 0 saturated heterocycles. The van der Waals surface area contributed by atoms with Gasteiger partial charge in [-0.2, -0.15) is 0 Å². The van der Waals surface area contributed by atoms with Crippen molar-refractivity contribution in [1.82, 2.24) is 20.1 Å². The van der Waals surface area contributed by atoms with Gasteiger partial charge < -0.3 is 15.8 Å². The average Bonchev–Trinajstić information content (AvgIpc) is 2.69. The normalized spacial score (nSPS) is 10.4. The van der Waals surface area contributed by atoms with Gasteiger partial charge in [0.25, 0.3) is 0 Å². The van der Waals surface area contributed by atoms with E-state index in [4.69, 9.17) is 10.5 Å². The summed E-state index contributed by atoms with van der Waals surface area (Å²) in [5.74, 6) is 0.0963. The van der Waals surface area contributed by atoms with Crippen LogP contribution in [0.3, 0.4) is 0 Å². The smallest absolute Gasteiger partial charge is 0.241 e. The summed E-state index contributed by atoms with van der Waals surface area (Å²) in [4.78, 5) is 15.2. The molecule has 0 unspecified atom stereocenters. The third kappa shape index (κ3) is 5.86. The van der Waals surface area contributed by atoms with E-state index in [1.165, 1.54) is 11.0 Å². The molecule has 0 fully saturated rings.